The van der Waals surface area contributed by atoms with Crippen molar-refractivity contribution in [2.24, 2.45) is 0 Å². The van der Waals surface area contributed by atoms with E-state index in [4.69, 9.17) is 0 Å². The number of imide groups is 1. The third-order valence-corrected chi connectivity index (χ3v) is 7.58. The van der Waals surface area contributed by atoms with Crippen molar-refractivity contribution < 1.29 is 9.59 Å². The van der Waals surface area contributed by atoms with Gasteiger partial charge in [0.25, 0.3) is 11.8 Å². The minimum Gasteiger partial charge on any atom is -0.336 e. The van der Waals surface area contributed by atoms with E-state index in [2.05, 4.69) is 50.8 Å². The molecule has 2 atom stereocenters. The Bertz CT molecular complexity index is 1530. The third kappa shape index (κ3) is 1.47. The van der Waals surface area contributed by atoms with Crippen LogP contribution in [0, 0.1) is 0 Å². The van der Waals surface area contributed by atoms with Gasteiger partial charge in [0.05, 0.1) is 22.2 Å². The first-order valence-corrected chi connectivity index (χ1v) is 10.6. The quantitative estimate of drug-likeness (QED) is 0.375. The summed E-state index contributed by atoms with van der Waals surface area (Å²) in [6, 6.07) is 17.5. The molecule has 8 rings (SSSR count). The predicted molar refractivity (Wildman–Crippen MR) is 116 cm³/mol. The van der Waals surface area contributed by atoms with Crippen molar-refractivity contribution in [3.8, 4) is 0 Å². The van der Waals surface area contributed by atoms with Crippen molar-refractivity contribution in [1.82, 2.24) is 14.5 Å². The molecule has 3 aromatic carbocycles. The Morgan fingerprint density at radius 1 is 0.700 bits per heavy atom. The molecule has 5 aromatic rings. The lowest BCUT2D eigenvalue weighted by atomic mass is 9.96. The summed E-state index contributed by atoms with van der Waals surface area (Å²) in [6.07, 6.45) is 3.35. The number of para-hydroxylation sites is 2. The molecule has 1 N–H and O–H groups in total. The van der Waals surface area contributed by atoms with E-state index in [9.17, 15) is 9.59 Å². The zero-order valence-corrected chi connectivity index (χ0v) is 16.1. The van der Waals surface area contributed by atoms with E-state index in [1.807, 2.05) is 12.1 Å². The SMILES string of the molecule is O=C1NC(=O)c2c1c1c3ccccc3n3c1c1c2c2ccccc2n1C1CCC3C1. The molecule has 0 radical (unpaired) electrons. The molecule has 2 amide bonds. The first-order chi connectivity index (χ1) is 14.7. The van der Waals surface area contributed by atoms with Gasteiger partial charge in [0, 0.05) is 44.7 Å². The summed E-state index contributed by atoms with van der Waals surface area (Å²) in [7, 11) is 0. The summed E-state index contributed by atoms with van der Waals surface area (Å²) in [4.78, 5) is 26.1. The van der Waals surface area contributed by atoms with Crippen LogP contribution >= 0.6 is 0 Å². The van der Waals surface area contributed by atoms with Crippen LogP contribution in [-0.2, 0) is 0 Å². The summed E-state index contributed by atoms with van der Waals surface area (Å²) >= 11 is 0. The van der Waals surface area contributed by atoms with Gasteiger partial charge in [-0.25, -0.2) is 0 Å². The van der Waals surface area contributed by atoms with Gasteiger partial charge in [0.2, 0.25) is 0 Å². The molecular weight excluding hydrogens is 374 g/mol. The molecule has 2 bridgehead atoms. The molecule has 144 valence electrons. The monoisotopic (exact) mass is 391 g/mol. The van der Waals surface area contributed by atoms with Crippen LogP contribution in [0.15, 0.2) is 48.5 Å². The van der Waals surface area contributed by atoms with Crippen LogP contribution in [0.5, 0.6) is 0 Å². The van der Waals surface area contributed by atoms with Crippen LogP contribution in [-0.4, -0.2) is 20.9 Å². The minimum atomic E-state index is -0.272. The molecule has 1 fully saturated rings. The van der Waals surface area contributed by atoms with Crippen molar-refractivity contribution >= 4 is 55.4 Å². The number of rotatable bonds is 0. The average molecular weight is 391 g/mol. The van der Waals surface area contributed by atoms with E-state index in [1.165, 1.54) is 11.0 Å². The highest BCUT2D eigenvalue weighted by Crippen LogP contribution is 2.53. The predicted octanol–water partition coefficient (Wildman–Crippen LogP) is 5.07. The molecule has 5 nitrogen and oxygen atoms in total. The lowest BCUT2D eigenvalue weighted by Crippen LogP contribution is -2.20. The standard InChI is InChI=1S/C25H17N3O2/c29-24-20-18-14-5-1-3-7-16(14)27-12-9-10-13(11-12)28-17-8-4-2-6-15(17)19(23(28)22(18)27)21(20)25(30)26-24/h1-8,12-13H,9-11H2,(H,26,29,30). The summed E-state index contributed by atoms with van der Waals surface area (Å²) in [6.45, 7) is 0. The molecule has 2 unspecified atom stereocenters. The minimum absolute atomic E-state index is 0.272. The fourth-order valence-corrected chi connectivity index (χ4v) is 6.59. The van der Waals surface area contributed by atoms with Gasteiger partial charge in [0.15, 0.2) is 0 Å². The maximum Gasteiger partial charge on any atom is 0.259 e. The Labute approximate surface area is 170 Å². The molecule has 30 heavy (non-hydrogen) atoms. The van der Waals surface area contributed by atoms with Gasteiger partial charge >= 0.3 is 0 Å². The van der Waals surface area contributed by atoms with Gasteiger partial charge < -0.3 is 9.13 Å². The highest BCUT2D eigenvalue weighted by atomic mass is 16.2. The summed E-state index contributed by atoms with van der Waals surface area (Å²) in [5.74, 6) is -0.544. The number of hydrogen-bond donors (Lipinski definition) is 1. The highest BCUT2D eigenvalue weighted by Gasteiger charge is 2.41. The van der Waals surface area contributed by atoms with Crippen molar-refractivity contribution in [2.45, 2.75) is 31.3 Å². The molecule has 0 saturated heterocycles. The zero-order valence-electron chi connectivity index (χ0n) is 16.1. The van der Waals surface area contributed by atoms with Crippen LogP contribution in [0.3, 0.4) is 0 Å². The summed E-state index contributed by atoms with van der Waals surface area (Å²) < 4.78 is 4.96. The molecular formula is C25H17N3O2. The highest BCUT2D eigenvalue weighted by molar-refractivity contribution is 6.39. The van der Waals surface area contributed by atoms with E-state index >= 15 is 0 Å². The van der Waals surface area contributed by atoms with Gasteiger partial charge in [-0.3, -0.25) is 14.9 Å². The first-order valence-electron chi connectivity index (χ1n) is 10.6. The smallest absolute Gasteiger partial charge is 0.259 e. The Hall–Kier alpha value is -3.60. The number of amides is 2. The maximum absolute atomic E-state index is 13.0. The van der Waals surface area contributed by atoms with E-state index in [1.54, 1.807) is 0 Å². The number of carbonyl (C=O) groups is 2. The second-order valence-corrected chi connectivity index (χ2v) is 8.88. The van der Waals surface area contributed by atoms with Crippen molar-refractivity contribution in [2.75, 3.05) is 0 Å². The first kappa shape index (κ1) is 15.3. The zero-order chi connectivity index (χ0) is 19.7. The number of nitrogens with one attached hydrogen (secondary N) is 1. The average Bonchev–Trinajstić information content (AvgIpc) is 3.46. The van der Waals surface area contributed by atoms with Crippen LogP contribution < -0.4 is 5.32 Å². The fourth-order valence-electron chi connectivity index (χ4n) is 6.59. The van der Waals surface area contributed by atoms with Crippen LogP contribution in [0.1, 0.15) is 52.1 Å². The fraction of sp³-hybridized carbons (Fsp3) is 0.200. The lowest BCUT2D eigenvalue weighted by Gasteiger charge is -2.16. The van der Waals surface area contributed by atoms with Gasteiger partial charge in [0.1, 0.15) is 0 Å². The number of fused-ring (bicyclic) bond motifs is 13. The Balaban J connectivity index is 1.83. The van der Waals surface area contributed by atoms with E-state index in [0.29, 0.717) is 23.2 Å². The number of nitrogens with zero attached hydrogens (tertiary/aromatic N) is 2. The van der Waals surface area contributed by atoms with Crippen LogP contribution in [0.2, 0.25) is 0 Å². The second kappa shape index (κ2) is 4.75. The third-order valence-electron chi connectivity index (χ3n) is 7.58. The number of carbonyl (C=O) groups excluding carboxylic acids is 2. The number of hydrogen-bond acceptors (Lipinski definition) is 2. The Morgan fingerprint density at radius 2 is 1.17 bits per heavy atom. The molecule has 2 aromatic heterocycles. The van der Waals surface area contributed by atoms with E-state index in [-0.39, 0.29) is 11.8 Å². The normalized spacial score (nSPS) is 22.0. The molecule has 3 aliphatic rings. The van der Waals surface area contributed by atoms with Gasteiger partial charge in [-0.05, 0) is 31.4 Å². The maximum atomic E-state index is 13.0. The van der Waals surface area contributed by atoms with Crippen molar-refractivity contribution in [3.05, 3.63) is 59.7 Å². The number of aromatic nitrogens is 2. The van der Waals surface area contributed by atoms with Gasteiger partial charge in [-0.1, -0.05) is 36.4 Å². The van der Waals surface area contributed by atoms with E-state index < -0.39 is 0 Å². The topological polar surface area (TPSA) is 56.0 Å². The molecule has 2 aliphatic heterocycles. The summed E-state index contributed by atoms with van der Waals surface area (Å²) in [5.41, 5.74) is 5.69. The molecule has 1 aliphatic carbocycles. The van der Waals surface area contributed by atoms with Crippen LogP contribution in [0.25, 0.3) is 43.6 Å². The van der Waals surface area contributed by atoms with Gasteiger partial charge in [-0.2, -0.15) is 0 Å². The molecule has 1 saturated carbocycles. The second-order valence-electron chi connectivity index (χ2n) is 8.88. The largest absolute Gasteiger partial charge is 0.336 e. The van der Waals surface area contributed by atoms with Crippen molar-refractivity contribution in [1.29, 1.82) is 0 Å². The van der Waals surface area contributed by atoms with Gasteiger partial charge in [-0.15, -0.1) is 0 Å². The number of benzene rings is 3. The lowest BCUT2D eigenvalue weighted by molar-refractivity contribution is 0.0880. The Kier molecular flexibility index (Phi) is 2.42. The molecule has 5 heteroatoms. The molecule has 0 spiro atoms. The van der Waals surface area contributed by atoms with Crippen molar-refractivity contribution in [3.63, 3.8) is 0 Å². The van der Waals surface area contributed by atoms with Crippen LogP contribution in [0.4, 0.5) is 0 Å². The molecule has 4 heterocycles. The van der Waals surface area contributed by atoms with E-state index in [0.717, 1.165) is 51.8 Å². The summed E-state index contributed by atoms with van der Waals surface area (Å²) in [5, 5.41) is 6.60. The Morgan fingerprint density at radius 3 is 1.67 bits per heavy atom.